The topological polar surface area (TPSA) is 129 Å². The number of benzene rings is 1. The molecule has 2 aromatic rings. The van der Waals surface area contributed by atoms with Crippen molar-refractivity contribution in [2.24, 2.45) is 5.73 Å². The van der Waals surface area contributed by atoms with Gasteiger partial charge in [0.1, 0.15) is 18.2 Å². The van der Waals surface area contributed by atoms with Gasteiger partial charge in [-0.15, -0.1) is 0 Å². The summed E-state index contributed by atoms with van der Waals surface area (Å²) in [6.07, 6.45) is 0.425. The van der Waals surface area contributed by atoms with Crippen LogP contribution in [0.3, 0.4) is 0 Å². The fraction of sp³-hybridized carbons (Fsp3) is 0.389. The van der Waals surface area contributed by atoms with E-state index in [1.807, 2.05) is 4.90 Å². The third-order valence-electron chi connectivity index (χ3n) is 4.92. The minimum absolute atomic E-state index is 0.213. The van der Waals surface area contributed by atoms with Gasteiger partial charge in [0, 0.05) is 32.2 Å². The number of halogens is 1. The molecule has 0 spiro atoms. The maximum absolute atomic E-state index is 14.9. The predicted molar refractivity (Wildman–Crippen MR) is 106 cm³/mol. The minimum Gasteiger partial charge on any atom is -0.443 e. The molecule has 1 aromatic heterocycles. The molecule has 2 fully saturated rings. The lowest BCUT2D eigenvalue weighted by atomic mass is 10.2. The van der Waals surface area contributed by atoms with Crippen LogP contribution in [0.25, 0.3) is 0 Å². The number of cyclic esters (lactones) is 1. The molecule has 2 aliphatic rings. The van der Waals surface area contributed by atoms with Crippen LogP contribution in [0.5, 0.6) is 0 Å². The van der Waals surface area contributed by atoms with Crippen LogP contribution in [0, 0.1) is 5.82 Å². The van der Waals surface area contributed by atoms with E-state index in [-0.39, 0.29) is 19.1 Å². The molecule has 11 nitrogen and oxygen atoms in total. The van der Waals surface area contributed by atoms with E-state index in [1.165, 1.54) is 28.3 Å². The number of urea groups is 1. The SMILES string of the molecule is NC[C@H]1CN(c2ccc(N3CCNN(C(=O)Nc4ccon4)CC3)c(F)c2)C(=O)O1. The number of hydrazine groups is 1. The van der Waals surface area contributed by atoms with Gasteiger partial charge in [-0.05, 0) is 18.2 Å². The first kappa shape index (κ1) is 19.9. The smallest absolute Gasteiger partial charge is 0.414 e. The van der Waals surface area contributed by atoms with Crippen molar-refractivity contribution in [3.05, 3.63) is 36.3 Å². The Labute approximate surface area is 171 Å². The second kappa shape index (κ2) is 8.55. The zero-order valence-electron chi connectivity index (χ0n) is 16.1. The molecule has 4 N–H and O–H groups in total. The molecule has 160 valence electrons. The fourth-order valence-corrected chi connectivity index (χ4v) is 3.38. The number of hydrogen-bond acceptors (Lipinski definition) is 8. The van der Waals surface area contributed by atoms with Gasteiger partial charge in [0.2, 0.25) is 0 Å². The summed E-state index contributed by atoms with van der Waals surface area (Å²) < 4.78 is 24.7. The summed E-state index contributed by atoms with van der Waals surface area (Å²) in [5.74, 6) is -0.154. The van der Waals surface area contributed by atoms with Crippen molar-refractivity contribution >= 4 is 29.3 Å². The highest BCUT2D eigenvalue weighted by Gasteiger charge is 2.32. The Hall–Kier alpha value is -3.38. The maximum Gasteiger partial charge on any atom is 0.414 e. The standard InChI is InChI=1S/C18H22FN7O4/c19-14-9-12(25-11-13(10-20)30-18(25)28)1-2-15(14)24-5-4-21-26(7-6-24)17(27)22-16-3-8-29-23-16/h1-3,8-9,13,21H,4-7,10-11,20H2,(H,22,23,27)/t13-/m0/s1. The zero-order chi connectivity index (χ0) is 21.1. The number of carbonyl (C=O) groups excluding carboxylic acids is 2. The van der Waals surface area contributed by atoms with Gasteiger partial charge in [-0.2, -0.15) is 0 Å². The normalized spacial score (nSPS) is 19.6. The van der Waals surface area contributed by atoms with Gasteiger partial charge in [0.15, 0.2) is 5.82 Å². The van der Waals surface area contributed by atoms with E-state index in [2.05, 4.69) is 20.4 Å². The molecule has 2 aliphatic heterocycles. The van der Waals surface area contributed by atoms with E-state index < -0.39 is 18.0 Å². The number of carbonyl (C=O) groups is 2. The molecule has 3 heterocycles. The summed E-state index contributed by atoms with van der Waals surface area (Å²) in [5, 5.41) is 7.66. The predicted octanol–water partition coefficient (Wildman–Crippen LogP) is 0.956. The molecule has 4 rings (SSSR count). The number of amides is 3. The maximum atomic E-state index is 14.9. The van der Waals surface area contributed by atoms with Crippen molar-refractivity contribution in [3.63, 3.8) is 0 Å². The molecule has 0 radical (unpaired) electrons. The van der Waals surface area contributed by atoms with Crippen molar-refractivity contribution in [1.29, 1.82) is 0 Å². The first-order valence-electron chi connectivity index (χ1n) is 9.50. The van der Waals surface area contributed by atoms with Crippen LogP contribution >= 0.6 is 0 Å². The molecule has 1 aromatic carbocycles. The van der Waals surface area contributed by atoms with E-state index in [1.54, 1.807) is 12.1 Å². The first-order chi connectivity index (χ1) is 14.5. The molecular weight excluding hydrogens is 397 g/mol. The fourth-order valence-electron chi connectivity index (χ4n) is 3.38. The highest BCUT2D eigenvalue weighted by molar-refractivity contribution is 5.90. The summed E-state index contributed by atoms with van der Waals surface area (Å²) >= 11 is 0. The van der Waals surface area contributed by atoms with E-state index in [4.69, 9.17) is 10.5 Å². The number of anilines is 3. The van der Waals surface area contributed by atoms with E-state index in [0.717, 1.165) is 0 Å². The van der Waals surface area contributed by atoms with Crippen molar-refractivity contribution in [2.45, 2.75) is 6.10 Å². The number of nitrogens with one attached hydrogen (secondary N) is 2. The minimum atomic E-state index is -0.537. The Bertz CT molecular complexity index is 910. The molecule has 3 amide bonds. The number of ether oxygens (including phenoxy) is 1. The Morgan fingerprint density at radius 3 is 2.90 bits per heavy atom. The summed E-state index contributed by atoms with van der Waals surface area (Å²) in [6.45, 7) is 2.16. The molecule has 12 heteroatoms. The molecular formula is C18H22FN7O4. The lowest BCUT2D eigenvalue weighted by Crippen LogP contribution is -2.46. The van der Waals surface area contributed by atoms with Crippen LogP contribution in [0.15, 0.2) is 35.1 Å². The van der Waals surface area contributed by atoms with Crippen molar-refractivity contribution in [2.75, 3.05) is 54.4 Å². The second-order valence-electron chi connectivity index (χ2n) is 6.85. The Balaban J connectivity index is 1.40. The van der Waals surface area contributed by atoms with Gasteiger partial charge < -0.3 is 19.9 Å². The molecule has 0 saturated carbocycles. The summed E-state index contributed by atoms with van der Waals surface area (Å²) in [6, 6.07) is 5.75. The quantitative estimate of drug-likeness (QED) is 0.668. The lowest BCUT2D eigenvalue weighted by Gasteiger charge is -2.24. The second-order valence-corrected chi connectivity index (χ2v) is 6.85. The largest absolute Gasteiger partial charge is 0.443 e. The molecule has 0 unspecified atom stereocenters. The van der Waals surface area contributed by atoms with E-state index in [0.29, 0.717) is 43.4 Å². The highest BCUT2D eigenvalue weighted by atomic mass is 19.1. The number of hydrogen-bond donors (Lipinski definition) is 3. The summed E-state index contributed by atoms with van der Waals surface area (Å²) in [7, 11) is 0. The molecule has 30 heavy (non-hydrogen) atoms. The van der Waals surface area contributed by atoms with E-state index in [9.17, 15) is 14.0 Å². The molecule has 0 aliphatic carbocycles. The van der Waals surface area contributed by atoms with Crippen LogP contribution in [0.1, 0.15) is 0 Å². The van der Waals surface area contributed by atoms with E-state index >= 15 is 0 Å². The van der Waals surface area contributed by atoms with Crippen molar-refractivity contribution in [1.82, 2.24) is 15.6 Å². The van der Waals surface area contributed by atoms with Crippen molar-refractivity contribution in [3.8, 4) is 0 Å². The van der Waals surface area contributed by atoms with Gasteiger partial charge >= 0.3 is 12.1 Å². The number of rotatable bonds is 4. The van der Waals surface area contributed by atoms with Gasteiger partial charge in [-0.1, -0.05) is 5.16 Å². The van der Waals surface area contributed by atoms with Crippen LogP contribution in [0.4, 0.5) is 31.2 Å². The summed E-state index contributed by atoms with van der Waals surface area (Å²) in [4.78, 5) is 27.5. The average molecular weight is 419 g/mol. The monoisotopic (exact) mass is 419 g/mol. The Morgan fingerprint density at radius 2 is 2.20 bits per heavy atom. The lowest BCUT2D eigenvalue weighted by molar-refractivity contribution is 0.145. The van der Waals surface area contributed by atoms with Gasteiger partial charge in [0.05, 0.1) is 24.5 Å². The Morgan fingerprint density at radius 1 is 1.33 bits per heavy atom. The van der Waals surface area contributed by atoms with Gasteiger partial charge in [-0.25, -0.2) is 19.4 Å². The van der Waals surface area contributed by atoms with Crippen LogP contribution in [0.2, 0.25) is 0 Å². The van der Waals surface area contributed by atoms with Crippen LogP contribution in [-0.2, 0) is 4.74 Å². The summed E-state index contributed by atoms with van der Waals surface area (Å²) in [5.41, 5.74) is 9.35. The van der Waals surface area contributed by atoms with Crippen LogP contribution < -0.4 is 26.3 Å². The zero-order valence-corrected chi connectivity index (χ0v) is 16.1. The number of nitrogens with zero attached hydrogens (tertiary/aromatic N) is 4. The van der Waals surface area contributed by atoms with Gasteiger partial charge in [0.25, 0.3) is 0 Å². The van der Waals surface area contributed by atoms with Crippen molar-refractivity contribution < 1.29 is 23.2 Å². The molecule has 2 saturated heterocycles. The number of nitrogens with two attached hydrogens (primary N) is 1. The third kappa shape index (κ3) is 4.14. The third-order valence-corrected chi connectivity index (χ3v) is 4.92. The molecule has 0 bridgehead atoms. The first-order valence-corrected chi connectivity index (χ1v) is 9.50. The molecule has 1 atom stereocenters. The van der Waals surface area contributed by atoms with Gasteiger partial charge in [-0.3, -0.25) is 15.2 Å². The average Bonchev–Trinajstić information content (AvgIpc) is 3.30. The number of aromatic nitrogens is 1. The van der Waals surface area contributed by atoms with Crippen LogP contribution in [-0.4, -0.2) is 67.7 Å². The Kier molecular flexibility index (Phi) is 5.68. The highest BCUT2D eigenvalue weighted by Crippen LogP contribution is 2.28.